The molecule has 0 saturated carbocycles. The smallest absolute Gasteiger partial charge is 0.257 e. The van der Waals surface area contributed by atoms with Crippen molar-refractivity contribution in [3.63, 3.8) is 0 Å². The van der Waals surface area contributed by atoms with E-state index < -0.39 is 5.82 Å². The maximum absolute atomic E-state index is 13.2. The summed E-state index contributed by atoms with van der Waals surface area (Å²) in [4.78, 5) is 18.7. The maximum atomic E-state index is 13.2. The van der Waals surface area contributed by atoms with Crippen molar-refractivity contribution >= 4 is 28.9 Å². The molecule has 2 heterocycles. The van der Waals surface area contributed by atoms with Crippen LogP contribution in [0.1, 0.15) is 29.6 Å². The van der Waals surface area contributed by atoms with Crippen molar-refractivity contribution in [1.29, 1.82) is 0 Å². The Morgan fingerprint density at radius 2 is 1.96 bits per heavy atom. The molecule has 1 aromatic carbocycles. The quantitative estimate of drug-likeness (QED) is 0.919. The van der Waals surface area contributed by atoms with Crippen LogP contribution in [-0.4, -0.2) is 24.0 Å². The van der Waals surface area contributed by atoms with Crippen LogP contribution in [0.5, 0.6) is 0 Å². The van der Waals surface area contributed by atoms with E-state index in [9.17, 15) is 9.18 Å². The number of benzene rings is 1. The lowest BCUT2D eigenvalue weighted by Crippen LogP contribution is -2.29. The normalized spacial score (nSPS) is 14.6. The molecule has 0 bridgehead atoms. The highest BCUT2D eigenvalue weighted by molar-refractivity contribution is 6.31. The second-order valence-electron chi connectivity index (χ2n) is 5.56. The van der Waals surface area contributed by atoms with Gasteiger partial charge >= 0.3 is 0 Å². The summed E-state index contributed by atoms with van der Waals surface area (Å²) in [6, 6.07) is 5.91. The number of piperidine rings is 1. The summed E-state index contributed by atoms with van der Waals surface area (Å²) in [5, 5.41) is 2.68. The molecule has 1 fully saturated rings. The van der Waals surface area contributed by atoms with Crippen molar-refractivity contribution in [1.82, 2.24) is 4.98 Å². The van der Waals surface area contributed by atoms with Crippen LogP contribution in [-0.2, 0) is 0 Å². The molecule has 0 radical (unpaired) electrons. The number of hydrogen-bond acceptors (Lipinski definition) is 3. The first-order valence-electron chi connectivity index (χ1n) is 7.60. The minimum atomic E-state index is -0.515. The number of anilines is 2. The van der Waals surface area contributed by atoms with Gasteiger partial charge in [-0.15, -0.1) is 0 Å². The number of hydrogen-bond donors (Lipinski definition) is 1. The van der Waals surface area contributed by atoms with Gasteiger partial charge in [0.2, 0.25) is 0 Å². The molecule has 0 spiro atoms. The van der Waals surface area contributed by atoms with Crippen molar-refractivity contribution in [2.45, 2.75) is 19.3 Å². The van der Waals surface area contributed by atoms with Crippen LogP contribution in [0.4, 0.5) is 15.8 Å². The summed E-state index contributed by atoms with van der Waals surface area (Å²) < 4.78 is 13.2. The topological polar surface area (TPSA) is 45.2 Å². The van der Waals surface area contributed by atoms with Gasteiger partial charge in [-0.3, -0.25) is 9.78 Å². The number of amides is 1. The van der Waals surface area contributed by atoms with Gasteiger partial charge in [0, 0.05) is 25.0 Å². The number of pyridine rings is 1. The molecule has 1 aromatic heterocycles. The van der Waals surface area contributed by atoms with E-state index in [1.807, 2.05) is 6.07 Å². The predicted octanol–water partition coefficient (Wildman–Crippen LogP) is 4.12. The second-order valence-corrected chi connectivity index (χ2v) is 5.97. The van der Waals surface area contributed by atoms with Gasteiger partial charge in [-0.2, -0.15) is 0 Å². The van der Waals surface area contributed by atoms with E-state index in [1.54, 1.807) is 6.20 Å². The minimum absolute atomic E-state index is 0.0250. The van der Waals surface area contributed by atoms with Crippen LogP contribution in [0.3, 0.4) is 0 Å². The molecule has 120 valence electrons. The zero-order valence-corrected chi connectivity index (χ0v) is 13.3. The summed E-state index contributed by atoms with van der Waals surface area (Å²) in [5.41, 5.74) is 1.87. The van der Waals surface area contributed by atoms with E-state index in [-0.39, 0.29) is 10.9 Å². The summed E-state index contributed by atoms with van der Waals surface area (Å²) >= 11 is 5.72. The first kappa shape index (κ1) is 15.7. The molecular weight excluding hydrogens is 317 g/mol. The van der Waals surface area contributed by atoms with Gasteiger partial charge in [0.15, 0.2) is 0 Å². The van der Waals surface area contributed by atoms with Gasteiger partial charge in [0.25, 0.3) is 5.91 Å². The van der Waals surface area contributed by atoms with Crippen LogP contribution < -0.4 is 10.2 Å². The Kier molecular flexibility index (Phi) is 4.76. The Hall–Kier alpha value is -2.14. The third-order valence-corrected chi connectivity index (χ3v) is 4.17. The van der Waals surface area contributed by atoms with Gasteiger partial charge in [0.05, 0.1) is 22.5 Å². The van der Waals surface area contributed by atoms with E-state index in [0.29, 0.717) is 11.3 Å². The average molecular weight is 334 g/mol. The maximum Gasteiger partial charge on any atom is 0.257 e. The number of carbonyl (C=O) groups is 1. The van der Waals surface area contributed by atoms with Gasteiger partial charge in [-0.1, -0.05) is 11.6 Å². The molecule has 1 saturated heterocycles. The van der Waals surface area contributed by atoms with E-state index in [4.69, 9.17) is 11.6 Å². The van der Waals surface area contributed by atoms with Crippen molar-refractivity contribution in [2.75, 3.05) is 23.3 Å². The van der Waals surface area contributed by atoms with Crippen LogP contribution >= 0.6 is 11.6 Å². The van der Waals surface area contributed by atoms with E-state index >= 15 is 0 Å². The average Bonchev–Trinajstić information content (AvgIpc) is 2.59. The summed E-state index contributed by atoms with van der Waals surface area (Å²) in [6.07, 6.45) is 6.86. The molecule has 3 rings (SSSR count). The van der Waals surface area contributed by atoms with Gasteiger partial charge in [0.1, 0.15) is 5.82 Å². The zero-order chi connectivity index (χ0) is 16.2. The third-order valence-electron chi connectivity index (χ3n) is 3.88. The van der Waals surface area contributed by atoms with Crippen molar-refractivity contribution in [2.24, 2.45) is 0 Å². The molecule has 4 nitrogen and oxygen atoms in total. The molecular formula is C17H17ClFN3O. The molecule has 1 N–H and O–H groups in total. The van der Waals surface area contributed by atoms with E-state index in [2.05, 4.69) is 15.2 Å². The van der Waals surface area contributed by atoms with Crippen molar-refractivity contribution in [3.8, 4) is 0 Å². The van der Waals surface area contributed by atoms with Crippen LogP contribution in [0.15, 0.2) is 36.7 Å². The molecule has 1 amide bonds. The Bertz CT molecular complexity index is 717. The Labute approximate surface area is 139 Å². The lowest BCUT2D eigenvalue weighted by atomic mass is 10.1. The highest BCUT2D eigenvalue weighted by Gasteiger charge is 2.14. The van der Waals surface area contributed by atoms with Gasteiger partial charge < -0.3 is 10.2 Å². The number of nitrogens with zero attached hydrogens (tertiary/aromatic N) is 2. The Balaban J connectivity index is 1.75. The molecule has 0 atom stereocenters. The third kappa shape index (κ3) is 3.79. The molecule has 0 unspecified atom stereocenters. The number of rotatable bonds is 3. The fraction of sp³-hybridized carbons (Fsp3) is 0.294. The number of aromatic nitrogens is 1. The van der Waals surface area contributed by atoms with E-state index in [1.165, 1.54) is 30.8 Å². The second kappa shape index (κ2) is 6.96. The SMILES string of the molecule is O=C(Nc1ccc(F)c(Cl)c1)c1cncc(N2CCCCC2)c1. The molecule has 6 heteroatoms. The highest BCUT2D eigenvalue weighted by atomic mass is 35.5. The van der Waals surface area contributed by atoms with Crippen LogP contribution in [0.2, 0.25) is 5.02 Å². The lowest BCUT2D eigenvalue weighted by Gasteiger charge is -2.28. The fourth-order valence-corrected chi connectivity index (χ4v) is 2.83. The standard InChI is InChI=1S/C17H17ClFN3O/c18-15-9-13(4-5-16(15)19)21-17(23)12-8-14(11-20-10-12)22-6-2-1-3-7-22/h4-5,8-11H,1-3,6-7H2,(H,21,23). The molecule has 1 aliphatic heterocycles. The zero-order valence-electron chi connectivity index (χ0n) is 12.6. The van der Waals surface area contributed by atoms with E-state index in [0.717, 1.165) is 31.6 Å². The van der Waals surface area contributed by atoms with Crippen LogP contribution in [0.25, 0.3) is 0 Å². The molecule has 23 heavy (non-hydrogen) atoms. The number of halogens is 2. The number of nitrogens with one attached hydrogen (secondary N) is 1. The Morgan fingerprint density at radius 3 is 2.70 bits per heavy atom. The molecule has 1 aliphatic rings. The Morgan fingerprint density at radius 1 is 1.17 bits per heavy atom. The van der Waals surface area contributed by atoms with Crippen LogP contribution in [0, 0.1) is 5.82 Å². The molecule has 2 aromatic rings. The summed E-state index contributed by atoms with van der Waals surface area (Å²) in [6.45, 7) is 1.97. The lowest BCUT2D eigenvalue weighted by molar-refractivity contribution is 0.102. The number of carbonyl (C=O) groups excluding carboxylic acids is 1. The fourth-order valence-electron chi connectivity index (χ4n) is 2.65. The first-order valence-corrected chi connectivity index (χ1v) is 7.98. The molecule has 0 aliphatic carbocycles. The van der Waals surface area contributed by atoms with Crippen molar-refractivity contribution in [3.05, 3.63) is 53.1 Å². The monoisotopic (exact) mass is 333 g/mol. The predicted molar refractivity (Wildman–Crippen MR) is 89.7 cm³/mol. The largest absolute Gasteiger partial charge is 0.370 e. The van der Waals surface area contributed by atoms with Crippen molar-refractivity contribution < 1.29 is 9.18 Å². The van der Waals surface area contributed by atoms with Gasteiger partial charge in [-0.05, 0) is 43.5 Å². The minimum Gasteiger partial charge on any atom is -0.370 e. The summed E-state index contributed by atoms with van der Waals surface area (Å²) in [7, 11) is 0. The highest BCUT2D eigenvalue weighted by Crippen LogP contribution is 2.22. The first-order chi connectivity index (χ1) is 11.1. The summed E-state index contributed by atoms with van der Waals surface area (Å²) in [5.74, 6) is -0.808. The van der Waals surface area contributed by atoms with Gasteiger partial charge in [-0.25, -0.2) is 4.39 Å².